The monoisotopic (exact) mass is 227 g/mol. The SMILES string of the molecule is C=CCNCCC(O)(CN)CCNCC=C. The van der Waals surface area contributed by atoms with Crippen molar-refractivity contribution in [2.45, 2.75) is 18.4 Å². The highest BCUT2D eigenvalue weighted by Gasteiger charge is 2.23. The zero-order valence-electron chi connectivity index (χ0n) is 10.0. The van der Waals surface area contributed by atoms with Crippen LogP contribution in [0.15, 0.2) is 25.3 Å². The van der Waals surface area contributed by atoms with Crippen LogP contribution in [0.5, 0.6) is 0 Å². The van der Waals surface area contributed by atoms with E-state index >= 15 is 0 Å². The molecule has 0 aliphatic carbocycles. The zero-order chi connectivity index (χ0) is 12.3. The Morgan fingerprint density at radius 1 is 1.06 bits per heavy atom. The van der Waals surface area contributed by atoms with Crippen LogP contribution in [-0.2, 0) is 0 Å². The lowest BCUT2D eigenvalue weighted by molar-refractivity contribution is 0.0327. The Kier molecular flexibility index (Phi) is 9.13. The van der Waals surface area contributed by atoms with Gasteiger partial charge >= 0.3 is 0 Å². The van der Waals surface area contributed by atoms with Crippen molar-refractivity contribution < 1.29 is 5.11 Å². The average molecular weight is 227 g/mol. The van der Waals surface area contributed by atoms with Crippen LogP contribution >= 0.6 is 0 Å². The molecule has 0 saturated carbocycles. The maximum absolute atomic E-state index is 10.2. The van der Waals surface area contributed by atoms with Gasteiger partial charge in [-0.25, -0.2) is 0 Å². The minimum Gasteiger partial charge on any atom is -0.388 e. The smallest absolute Gasteiger partial charge is 0.0793 e. The van der Waals surface area contributed by atoms with E-state index in [0.29, 0.717) is 19.4 Å². The molecule has 0 amide bonds. The minimum absolute atomic E-state index is 0.290. The summed E-state index contributed by atoms with van der Waals surface area (Å²) in [5, 5.41) is 16.5. The standard InChI is InChI=1S/C12H25N3O/c1-3-7-14-9-5-12(16,11-13)6-10-15-8-4-2/h3-4,14-16H,1-2,5-11,13H2. The molecule has 0 fully saturated rings. The molecule has 16 heavy (non-hydrogen) atoms. The normalized spacial score (nSPS) is 11.4. The third-order valence-corrected chi connectivity index (χ3v) is 2.49. The van der Waals surface area contributed by atoms with Crippen molar-refractivity contribution in [3.8, 4) is 0 Å². The van der Waals surface area contributed by atoms with Crippen LogP contribution in [-0.4, -0.2) is 43.4 Å². The van der Waals surface area contributed by atoms with Crippen LogP contribution in [0.1, 0.15) is 12.8 Å². The molecule has 0 aromatic carbocycles. The maximum atomic E-state index is 10.2. The summed E-state index contributed by atoms with van der Waals surface area (Å²) in [6.07, 6.45) is 4.92. The van der Waals surface area contributed by atoms with Crippen molar-refractivity contribution in [3.63, 3.8) is 0 Å². The molecular formula is C12H25N3O. The van der Waals surface area contributed by atoms with E-state index in [0.717, 1.165) is 26.2 Å². The van der Waals surface area contributed by atoms with Gasteiger partial charge < -0.3 is 21.5 Å². The Balaban J connectivity index is 3.71. The van der Waals surface area contributed by atoms with Gasteiger partial charge in [0.2, 0.25) is 0 Å². The average Bonchev–Trinajstić information content (AvgIpc) is 2.31. The van der Waals surface area contributed by atoms with Gasteiger partial charge in [0.05, 0.1) is 5.60 Å². The highest BCUT2D eigenvalue weighted by molar-refractivity contribution is 4.82. The van der Waals surface area contributed by atoms with E-state index in [9.17, 15) is 5.11 Å². The summed E-state index contributed by atoms with van der Waals surface area (Å²) in [4.78, 5) is 0. The molecule has 0 atom stereocenters. The predicted molar refractivity (Wildman–Crippen MR) is 69.4 cm³/mol. The predicted octanol–water partition coefficient (Wildman–Crippen LogP) is 0.00760. The lowest BCUT2D eigenvalue weighted by atomic mass is 9.95. The first kappa shape index (κ1) is 15.3. The Labute approximate surface area is 98.6 Å². The van der Waals surface area contributed by atoms with Crippen LogP contribution in [0, 0.1) is 0 Å². The van der Waals surface area contributed by atoms with E-state index in [1.807, 2.05) is 0 Å². The van der Waals surface area contributed by atoms with E-state index in [1.165, 1.54) is 0 Å². The highest BCUT2D eigenvalue weighted by Crippen LogP contribution is 2.12. The second kappa shape index (κ2) is 9.54. The number of nitrogens with two attached hydrogens (primary N) is 1. The number of aliphatic hydroxyl groups is 1. The molecule has 4 heteroatoms. The molecule has 0 rings (SSSR count). The van der Waals surface area contributed by atoms with Gasteiger partial charge in [0.15, 0.2) is 0 Å². The van der Waals surface area contributed by atoms with E-state index < -0.39 is 5.60 Å². The van der Waals surface area contributed by atoms with Crippen LogP contribution in [0.4, 0.5) is 0 Å². The van der Waals surface area contributed by atoms with E-state index in [1.54, 1.807) is 12.2 Å². The van der Waals surface area contributed by atoms with Crippen LogP contribution in [0.3, 0.4) is 0 Å². The number of hydrogen-bond donors (Lipinski definition) is 4. The van der Waals surface area contributed by atoms with Gasteiger partial charge in [-0.2, -0.15) is 0 Å². The van der Waals surface area contributed by atoms with Crippen LogP contribution in [0.2, 0.25) is 0 Å². The van der Waals surface area contributed by atoms with E-state index in [-0.39, 0.29) is 0 Å². The molecule has 0 saturated heterocycles. The molecule has 0 unspecified atom stereocenters. The van der Waals surface area contributed by atoms with Crippen LogP contribution < -0.4 is 16.4 Å². The van der Waals surface area contributed by atoms with Gasteiger partial charge in [0, 0.05) is 19.6 Å². The molecular weight excluding hydrogens is 202 g/mol. The lowest BCUT2D eigenvalue weighted by Crippen LogP contribution is -2.42. The summed E-state index contributed by atoms with van der Waals surface area (Å²) in [6, 6.07) is 0. The molecule has 4 nitrogen and oxygen atoms in total. The van der Waals surface area contributed by atoms with Crippen molar-refractivity contribution in [1.82, 2.24) is 10.6 Å². The summed E-state index contributed by atoms with van der Waals surface area (Å²) in [7, 11) is 0. The molecule has 0 aromatic rings. The second-order valence-electron chi connectivity index (χ2n) is 3.91. The number of hydrogen-bond acceptors (Lipinski definition) is 4. The van der Waals surface area contributed by atoms with Crippen molar-refractivity contribution in [1.29, 1.82) is 0 Å². The Hall–Kier alpha value is -0.680. The molecule has 5 N–H and O–H groups in total. The van der Waals surface area contributed by atoms with E-state index in [4.69, 9.17) is 5.73 Å². The number of rotatable bonds is 11. The Morgan fingerprint density at radius 3 is 1.81 bits per heavy atom. The fourth-order valence-corrected chi connectivity index (χ4v) is 1.38. The first-order valence-electron chi connectivity index (χ1n) is 5.74. The molecule has 0 bridgehead atoms. The summed E-state index contributed by atoms with van der Waals surface area (Å²) < 4.78 is 0. The van der Waals surface area contributed by atoms with Gasteiger partial charge in [-0.05, 0) is 25.9 Å². The first-order chi connectivity index (χ1) is 7.68. The summed E-state index contributed by atoms with van der Waals surface area (Å²) in [5.41, 5.74) is 4.82. The van der Waals surface area contributed by atoms with Gasteiger partial charge in [-0.15, -0.1) is 13.2 Å². The summed E-state index contributed by atoms with van der Waals surface area (Å²) >= 11 is 0. The molecule has 94 valence electrons. The van der Waals surface area contributed by atoms with Gasteiger partial charge in [-0.1, -0.05) is 12.2 Å². The highest BCUT2D eigenvalue weighted by atomic mass is 16.3. The number of nitrogens with one attached hydrogen (secondary N) is 2. The van der Waals surface area contributed by atoms with Crippen molar-refractivity contribution in [2.24, 2.45) is 5.73 Å². The molecule has 0 radical (unpaired) electrons. The topological polar surface area (TPSA) is 70.3 Å². The van der Waals surface area contributed by atoms with Crippen LogP contribution in [0.25, 0.3) is 0 Å². The summed E-state index contributed by atoms with van der Waals surface area (Å²) in [6.45, 7) is 10.5. The zero-order valence-corrected chi connectivity index (χ0v) is 10.0. The van der Waals surface area contributed by atoms with Crippen molar-refractivity contribution in [3.05, 3.63) is 25.3 Å². The largest absolute Gasteiger partial charge is 0.388 e. The molecule has 0 heterocycles. The Morgan fingerprint density at radius 2 is 1.50 bits per heavy atom. The third-order valence-electron chi connectivity index (χ3n) is 2.49. The van der Waals surface area contributed by atoms with Gasteiger partial charge in [-0.3, -0.25) is 0 Å². The summed E-state index contributed by atoms with van der Waals surface area (Å²) in [5.74, 6) is 0. The fourth-order valence-electron chi connectivity index (χ4n) is 1.38. The molecule has 0 spiro atoms. The molecule has 0 aliphatic rings. The molecule has 0 aromatic heterocycles. The first-order valence-corrected chi connectivity index (χ1v) is 5.74. The van der Waals surface area contributed by atoms with E-state index in [2.05, 4.69) is 23.8 Å². The van der Waals surface area contributed by atoms with Crippen molar-refractivity contribution in [2.75, 3.05) is 32.7 Å². The van der Waals surface area contributed by atoms with Crippen molar-refractivity contribution >= 4 is 0 Å². The fraction of sp³-hybridized carbons (Fsp3) is 0.667. The second-order valence-corrected chi connectivity index (χ2v) is 3.91. The minimum atomic E-state index is -0.775. The molecule has 0 aliphatic heterocycles. The van der Waals surface area contributed by atoms with Gasteiger partial charge in [0.1, 0.15) is 0 Å². The van der Waals surface area contributed by atoms with Gasteiger partial charge in [0.25, 0.3) is 0 Å². The third kappa shape index (κ3) is 7.59. The quantitative estimate of drug-likeness (QED) is 0.296. The lowest BCUT2D eigenvalue weighted by Gasteiger charge is -2.26. The Bertz CT molecular complexity index is 179. The maximum Gasteiger partial charge on any atom is 0.0793 e.